The Balaban J connectivity index is 2.46. The number of anilines is 1. The first-order chi connectivity index (χ1) is 8.08. The van der Waals surface area contributed by atoms with E-state index in [0.29, 0.717) is 17.1 Å². The van der Waals surface area contributed by atoms with Crippen molar-refractivity contribution in [2.45, 2.75) is 0 Å². The molecule has 17 heavy (non-hydrogen) atoms. The third kappa shape index (κ3) is 2.31. The van der Waals surface area contributed by atoms with Gasteiger partial charge in [0, 0.05) is 0 Å². The van der Waals surface area contributed by atoms with E-state index in [-0.39, 0.29) is 10.8 Å². The Morgan fingerprint density at radius 1 is 1.29 bits per heavy atom. The average molecular weight is 251 g/mol. The number of hydrogen-bond donors (Lipinski definition) is 2. The van der Waals surface area contributed by atoms with Gasteiger partial charge in [-0.3, -0.25) is 4.98 Å². The van der Waals surface area contributed by atoms with Crippen LogP contribution < -0.4 is 5.73 Å². The van der Waals surface area contributed by atoms with E-state index in [0.717, 1.165) is 6.20 Å². The number of nitrogens with zero attached hydrogens (tertiary/aromatic N) is 3. The SMILES string of the molecule is Nc1ccc(Cl)nc1-c1cnc(C(=O)O)cn1. The maximum Gasteiger partial charge on any atom is 0.356 e. The van der Waals surface area contributed by atoms with Crippen LogP contribution in [0.25, 0.3) is 11.4 Å². The molecule has 86 valence electrons. The highest BCUT2D eigenvalue weighted by Crippen LogP contribution is 2.22. The number of pyridine rings is 1. The predicted octanol–water partition coefficient (Wildman–Crippen LogP) is 1.47. The fourth-order valence-corrected chi connectivity index (χ4v) is 1.36. The molecular weight excluding hydrogens is 244 g/mol. The summed E-state index contributed by atoms with van der Waals surface area (Å²) < 4.78 is 0. The number of rotatable bonds is 2. The minimum atomic E-state index is -1.14. The number of carbonyl (C=O) groups is 1. The van der Waals surface area contributed by atoms with Gasteiger partial charge in [0.2, 0.25) is 0 Å². The molecule has 0 saturated heterocycles. The molecule has 0 atom stereocenters. The fourth-order valence-electron chi connectivity index (χ4n) is 1.21. The molecule has 0 bridgehead atoms. The van der Waals surface area contributed by atoms with Gasteiger partial charge in [0.15, 0.2) is 5.69 Å². The van der Waals surface area contributed by atoms with E-state index in [2.05, 4.69) is 15.0 Å². The lowest BCUT2D eigenvalue weighted by Crippen LogP contribution is -2.02. The molecule has 0 unspecified atom stereocenters. The zero-order chi connectivity index (χ0) is 12.4. The molecule has 2 heterocycles. The third-order valence-corrected chi connectivity index (χ3v) is 2.22. The Bertz CT molecular complexity index is 571. The monoisotopic (exact) mass is 250 g/mol. The van der Waals surface area contributed by atoms with Crippen LogP contribution in [0.1, 0.15) is 10.5 Å². The molecule has 2 aromatic heterocycles. The molecule has 3 N–H and O–H groups in total. The number of aromatic nitrogens is 3. The van der Waals surface area contributed by atoms with E-state index < -0.39 is 5.97 Å². The van der Waals surface area contributed by atoms with Crippen molar-refractivity contribution in [2.75, 3.05) is 5.73 Å². The number of aromatic carboxylic acids is 1. The van der Waals surface area contributed by atoms with Gasteiger partial charge >= 0.3 is 5.97 Å². The summed E-state index contributed by atoms with van der Waals surface area (Å²) in [4.78, 5) is 22.3. The van der Waals surface area contributed by atoms with Crippen molar-refractivity contribution in [1.29, 1.82) is 0 Å². The van der Waals surface area contributed by atoms with Crippen molar-refractivity contribution in [3.8, 4) is 11.4 Å². The van der Waals surface area contributed by atoms with Crippen molar-refractivity contribution < 1.29 is 9.90 Å². The molecule has 6 nitrogen and oxygen atoms in total. The first kappa shape index (κ1) is 11.3. The summed E-state index contributed by atoms with van der Waals surface area (Å²) in [7, 11) is 0. The Hall–Kier alpha value is -2.21. The molecule has 0 radical (unpaired) electrons. The number of halogens is 1. The van der Waals surface area contributed by atoms with Crippen molar-refractivity contribution in [3.05, 3.63) is 35.4 Å². The molecule has 0 saturated carbocycles. The Morgan fingerprint density at radius 2 is 2.06 bits per heavy atom. The second-order valence-corrected chi connectivity index (χ2v) is 3.55. The highest BCUT2D eigenvalue weighted by atomic mass is 35.5. The first-order valence-electron chi connectivity index (χ1n) is 4.55. The number of nitrogens with two attached hydrogens (primary N) is 1. The number of carboxylic acid groups (broad SMARTS) is 1. The molecule has 0 spiro atoms. The lowest BCUT2D eigenvalue weighted by atomic mass is 10.2. The minimum absolute atomic E-state index is 0.144. The van der Waals surface area contributed by atoms with E-state index >= 15 is 0 Å². The van der Waals surface area contributed by atoms with Gasteiger partial charge in [0.05, 0.1) is 18.1 Å². The smallest absolute Gasteiger partial charge is 0.356 e. The van der Waals surface area contributed by atoms with Gasteiger partial charge in [0.1, 0.15) is 16.5 Å². The predicted molar refractivity (Wildman–Crippen MR) is 61.6 cm³/mol. The summed E-state index contributed by atoms with van der Waals surface area (Å²) in [5.41, 5.74) is 6.71. The van der Waals surface area contributed by atoms with Crippen molar-refractivity contribution in [1.82, 2.24) is 15.0 Å². The van der Waals surface area contributed by atoms with E-state index in [1.165, 1.54) is 6.20 Å². The molecule has 0 aliphatic heterocycles. The summed E-state index contributed by atoms with van der Waals surface area (Å²) in [6, 6.07) is 3.15. The standard InChI is InChI=1S/C10H7ClN4O2/c11-8-2-1-5(12)9(15-8)6-3-14-7(4-13-6)10(16)17/h1-4H,12H2,(H,16,17). The van der Waals surface area contributed by atoms with Gasteiger partial charge in [-0.05, 0) is 12.1 Å². The van der Waals surface area contributed by atoms with Crippen molar-refractivity contribution in [3.63, 3.8) is 0 Å². The van der Waals surface area contributed by atoms with Gasteiger partial charge in [-0.15, -0.1) is 0 Å². The summed E-state index contributed by atoms with van der Waals surface area (Å²) in [6.07, 6.45) is 2.43. The van der Waals surface area contributed by atoms with E-state index in [1.807, 2.05) is 0 Å². The van der Waals surface area contributed by atoms with E-state index in [1.54, 1.807) is 12.1 Å². The Morgan fingerprint density at radius 3 is 2.65 bits per heavy atom. The molecule has 0 aliphatic rings. The normalized spacial score (nSPS) is 10.2. The molecule has 0 aliphatic carbocycles. The molecular formula is C10H7ClN4O2. The van der Waals surface area contributed by atoms with Crippen LogP contribution in [0.2, 0.25) is 5.15 Å². The van der Waals surface area contributed by atoms with Gasteiger partial charge in [-0.1, -0.05) is 11.6 Å². The number of carboxylic acids is 1. The molecule has 0 aromatic carbocycles. The molecule has 0 fully saturated rings. The maximum atomic E-state index is 10.6. The lowest BCUT2D eigenvalue weighted by Gasteiger charge is -2.04. The van der Waals surface area contributed by atoms with Crippen LogP contribution >= 0.6 is 11.6 Å². The molecule has 0 amide bonds. The van der Waals surface area contributed by atoms with Crippen LogP contribution in [0.3, 0.4) is 0 Å². The summed E-state index contributed by atoms with van der Waals surface area (Å²) in [6.45, 7) is 0. The van der Waals surface area contributed by atoms with Crippen molar-refractivity contribution in [2.24, 2.45) is 0 Å². The minimum Gasteiger partial charge on any atom is -0.476 e. The van der Waals surface area contributed by atoms with Crippen LogP contribution in [0.4, 0.5) is 5.69 Å². The topological polar surface area (TPSA) is 102 Å². The summed E-state index contributed by atoms with van der Waals surface area (Å²) in [5.74, 6) is -1.14. The molecule has 2 aromatic rings. The van der Waals surface area contributed by atoms with Crippen LogP contribution in [0.15, 0.2) is 24.5 Å². The largest absolute Gasteiger partial charge is 0.476 e. The third-order valence-electron chi connectivity index (χ3n) is 2.01. The van der Waals surface area contributed by atoms with Crippen LogP contribution in [-0.2, 0) is 0 Å². The Labute approximate surface area is 101 Å². The van der Waals surface area contributed by atoms with Gasteiger partial charge < -0.3 is 10.8 Å². The second kappa shape index (κ2) is 4.34. The van der Waals surface area contributed by atoms with Crippen LogP contribution in [0, 0.1) is 0 Å². The zero-order valence-corrected chi connectivity index (χ0v) is 9.22. The molecule has 7 heteroatoms. The maximum absolute atomic E-state index is 10.6. The van der Waals surface area contributed by atoms with E-state index in [4.69, 9.17) is 22.4 Å². The highest BCUT2D eigenvalue weighted by Gasteiger charge is 2.10. The van der Waals surface area contributed by atoms with Gasteiger partial charge in [-0.25, -0.2) is 14.8 Å². The number of hydrogen-bond acceptors (Lipinski definition) is 5. The van der Waals surface area contributed by atoms with Crippen molar-refractivity contribution >= 4 is 23.3 Å². The quantitative estimate of drug-likeness (QED) is 0.783. The summed E-state index contributed by atoms with van der Waals surface area (Å²) in [5, 5.41) is 8.96. The van der Waals surface area contributed by atoms with Gasteiger partial charge in [0.25, 0.3) is 0 Å². The van der Waals surface area contributed by atoms with Crippen LogP contribution in [-0.4, -0.2) is 26.0 Å². The van der Waals surface area contributed by atoms with E-state index in [9.17, 15) is 4.79 Å². The Kier molecular flexibility index (Phi) is 2.88. The first-order valence-corrected chi connectivity index (χ1v) is 4.93. The number of nitrogen functional groups attached to an aromatic ring is 1. The second-order valence-electron chi connectivity index (χ2n) is 3.16. The summed E-state index contributed by atoms with van der Waals surface area (Å²) >= 11 is 5.74. The van der Waals surface area contributed by atoms with Crippen LogP contribution in [0.5, 0.6) is 0 Å². The highest BCUT2D eigenvalue weighted by molar-refractivity contribution is 6.29. The van der Waals surface area contributed by atoms with Gasteiger partial charge in [-0.2, -0.15) is 0 Å². The average Bonchev–Trinajstić information content (AvgIpc) is 2.32. The fraction of sp³-hybridized carbons (Fsp3) is 0. The zero-order valence-electron chi connectivity index (χ0n) is 8.46. The lowest BCUT2D eigenvalue weighted by molar-refractivity contribution is 0.0690. The molecule has 2 rings (SSSR count).